The number of likely N-dealkylation sites (tertiary alicyclic amines) is 1. The van der Waals surface area contributed by atoms with Crippen LogP contribution >= 0.6 is 0 Å². The van der Waals surface area contributed by atoms with E-state index in [0.29, 0.717) is 5.92 Å². The molecular formula is C10H15N3O3. The van der Waals surface area contributed by atoms with Gasteiger partial charge in [-0.1, -0.05) is 6.92 Å². The van der Waals surface area contributed by atoms with Crippen molar-refractivity contribution >= 4 is 17.7 Å². The molecule has 1 saturated heterocycles. The number of fused-ring (bicyclic) bond motifs is 1. The monoisotopic (exact) mass is 225 g/mol. The first-order valence-electron chi connectivity index (χ1n) is 5.39. The highest BCUT2D eigenvalue weighted by Crippen LogP contribution is 2.42. The van der Waals surface area contributed by atoms with Crippen molar-refractivity contribution in [3.8, 4) is 0 Å². The van der Waals surface area contributed by atoms with E-state index >= 15 is 0 Å². The molecule has 2 rings (SSSR count). The van der Waals surface area contributed by atoms with E-state index in [2.05, 4.69) is 0 Å². The Hall–Kier alpha value is -1.43. The maximum absolute atomic E-state index is 11.9. The molecule has 6 heteroatoms. The van der Waals surface area contributed by atoms with Crippen LogP contribution in [-0.2, 0) is 14.4 Å². The number of carbonyl (C=O) groups is 3. The Labute approximate surface area is 93.1 Å². The van der Waals surface area contributed by atoms with Gasteiger partial charge in [-0.15, -0.1) is 0 Å². The van der Waals surface area contributed by atoms with E-state index in [-0.39, 0.29) is 30.2 Å². The first-order chi connectivity index (χ1) is 7.54. The first-order valence-corrected chi connectivity index (χ1v) is 5.39. The topological polar surface area (TPSA) is 92.5 Å². The number of hydrogen-bond acceptors (Lipinski definition) is 4. The van der Waals surface area contributed by atoms with E-state index in [0.717, 1.165) is 17.7 Å². The molecule has 2 aliphatic rings. The summed E-state index contributed by atoms with van der Waals surface area (Å²) in [6.07, 6.45) is 1.49. The molecule has 6 nitrogen and oxygen atoms in total. The van der Waals surface area contributed by atoms with Gasteiger partial charge in [-0.05, 0) is 18.8 Å². The van der Waals surface area contributed by atoms with Crippen LogP contribution in [0.1, 0.15) is 19.8 Å². The number of hydrazine groups is 1. The molecule has 0 aromatic rings. The molecule has 2 atom stereocenters. The Balaban J connectivity index is 2.11. The van der Waals surface area contributed by atoms with Crippen molar-refractivity contribution < 1.29 is 14.4 Å². The summed E-state index contributed by atoms with van der Waals surface area (Å²) < 4.78 is 0. The molecule has 1 aliphatic carbocycles. The number of nitrogens with two attached hydrogens (primary N) is 1. The summed E-state index contributed by atoms with van der Waals surface area (Å²) in [5.74, 6) is 3.95. The molecule has 3 amide bonds. The van der Waals surface area contributed by atoms with Crippen LogP contribution in [0.15, 0.2) is 0 Å². The fourth-order valence-electron chi connectivity index (χ4n) is 2.69. The van der Waals surface area contributed by atoms with Crippen molar-refractivity contribution in [2.75, 3.05) is 6.54 Å². The van der Waals surface area contributed by atoms with Crippen LogP contribution in [0.3, 0.4) is 0 Å². The van der Waals surface area contributed by atoms with Crippen LogP contribution in [0.5, 0.6) is 0 Å². The van der Waals surface area contributed by atoms with Crippen molar-refractivity contribution in [1.29, 1.82) is 0 Å². The Kier molecular flexibility index (Phi) is 2.67. The highest BCUT2D eigenvalue weighted by Gasteiger charge is 2.51. The van der Waals surface area contributed by atoms with Crippen LogP contribution in [0, 0.1) is 17.8 Å². The number of nitrogens with one attached hydrogen (secondary N) is 1. The second-order valence-electron chi connectivity index (χ2n) is 4.62. The third-order valence-corrected chi connectivity index (χ3v) is 3.43. The van der Waals surface area contributed by atoms with Crippen molar-refractivity contribution in [1.82, 2.24) is 10.3 Å². The Morgan fingerprint density at radius 1 is 1.38 bits per heavy atom. The number of nitrogens with zero attached hydrogens (tertiary/aromatic N) is 1. The lowest BCUT2D eigenvalue weighted by atomic mass is 10.00. The normalized spacial score (nSPS) is 33.1. The number of imide groups is 1. The molecule has 0 spiro atoms. The average molecular weight is 225 g/mol. The van der Waals surface area contributed by atoms with E-state index < -0.39 is 5.91 Å². The molecule has 2 unspecified atom stereocenters. The van der Waals surface area contributed by atoms with E-state index in [4.69, 9.17) is 5.84 Å². The van der Waals surface area contributed by atoms with Crippen molar-refractivity contribution in [3.63, 3.8) is 0 Å². The summed E-state index contributed by atoms with van der Waals surface area (Å²) in [7, 11) is 0. The number of amides is 3. The van der Waals surface area contributed by atoms with Gasteiger partial charge in [-0.2, -0.15) is 0 Å². The minimum Gasteiger partial charge on any atom is -0.293 e. The minimum atomic E-state index is -0.519. The van der Waals surface area contributed by atoms with Crippen LogP contribution < -0.4 is 11.3 Å². The van der Waals surface area contributed by atoms with Crippen molar-refractivity contribution in [2.45, 2.75) is 19.8 Å². The molecule has 1 aliphatic heterocycles. The summed E-state index contributed by atoms with van der Waals surface area (Å²) in [5.41, 5.74) is 1.92. The van der Waals surface area contributed by atoms with E-state index in [9.17, 15) is 14.4 Å². The fourth-order valence-corrected chi connectivity index (χ4v) is 2.69. The van der Waals surface area contributed by atoms with Gasteiger partial charge in [-0.3, -0.25) is 24.7 Å². The van der Waals surface area contributed by atoms with Crippen LogP contribution in [0.2, 0.25) is 0 Å². The molecule has 0 radical (unpaired) electrons. The minimum absolute atomic E-state index is 0.215. The third-order valence-electron chi connectivity index (χ3n) is 3.43. The molecule has 88 valence electrons. The molecule has 0 aromatic carbocycles. The highest BCUT2D eigenvalue weighted by molar-refractivity contribution is 6.07. The van der Waals surface area contributed by atoms with Crippen LogP contribution in [-0.4, -0.2) is 29.2 Å². The smallest absolute Gasteiger partial charge is 0.254 e. The zero-order chi connectivity index (χ0) is 11.9. The highest BCUT2D eigenvalue weighted by atomic mass is 16.2. The molecule has 0 aromatic heterocycles. The summed E-state index contributed by atoms with van der Waals surface area (Å²) in [4.78, 5) is 35.8. The van der Waals surface area contributed by atoms with Gasteiger partial charge in [-0.25, -0.2) is 5.84 Å². The number of rotatable bonds is 2. The Morgan fingerprint density at radius 2 is 1.88 bits per heavy atom. The maximum atomic E-state index is 11.9. The summed E-state index contributed by atoms with van der Waals surface area (Å²) in [6, 6.07) is 0. The number of carbonyl (C=O) groups excluding carboxylic acids is 3. The Bertz CT molecular complexity index is 331. The van der Waals surface area contributed by atoms with Crippen LogP contribution in [0.25, 0.3) is 0 Å². The predicted octanol–water partition coefficient (Wildman–Crippen LogP) is -0.993. The molecule has 1 saturated carbocycles. The second kappa shape index (κ2) is 3.86. The van der Waals surface area contributed by atoms with Crippen LogP contribution in [0.4, 0.5) is 0 Å². The summed E-state index contributed by atoms with van der Waals surface area (Å²) in [6.45, 7) is 1.78. The first kappa shape index (κ1) is 11.1. The quantitative estimate of drug-likeness (QED) is 0.273. The van der Waals surface area contributed by atoms with E-state index in [1.165, 1.54) is 0 Å². The van der Waals surface area contributed by atoms with Gasteiger partial charge in [0.05, 0.1) is 11.8 Å². The number of hydrogen-bond donors (Lipinski definition) is 2. The Morgan fingerprint density at radius 3 is 2.31 bits per heavy atom. The fraction of sp³-hybridized carbons (Fsp3) is 0.700. The molecule has 16 heavy (non-hydrogen) atoms. The van der Waals surface area contributed by atoms with Gasteiger partial charge in [0.25, 0.3) is 5.91 Å². The molecule has 3 N–H and O–H groups in total. The second-order valence-corrected chi connectivity index (χ2v) is 4.62. The largest absolute Gasteiger partial charge is 0.293 e. The average Bonchev–Trinajstić information content (AvgIpc) is 2.73. The van der Waals surface area contributed by atoms with Gasteiger partial charge in [0.2, 0.25) is 11.8 Å². The SMILES string of the molecule is CC1CC2C(=O)N(CC(=O)NN)C(=O)C2C1. The van der Waals surface area contributed by atoms with E-state index in [1.54, 1.807) is 0 Å². The van der Waals surface area contributed by atoms with Gasteiger partial charge in [0.15, 0.2) is 0 Å². The lowest BCUT2D eigenvalue weighted by Gasteiger charge is -2.15. The predicted molar refractivity (Wildman–Crippen MR) is 54.4 cm³/mol. The lowest BCUT2D eigenvalue weighted by molar-refractivity contribution is -0.144. The van der Waals surface area contributed by atoms with Gasteiger partial charge in [0, 0.05) is 0 Å². The van der Waals surface area contributed by atoms with Crippen molar-refractivity contribution in [3.05, 3.63) is 0 Å². The lowest BCUT2D eigenvalue weighted by Crippen LogP contribution is -2.43. The summed E-state index contributed by atoms with van der Waals surface area (Å²) in [5, 5.41) is 0. The third kappa shape index (κ3) is 1.59. The molecular weight excluding hydrogens is 210 g/mol. The zero-order valence-electron chi connectivity index (χ0n) is 9.10. The molecule has 1 heterocycles. The van der Waals surface area contributed by atoms with Gasteiger partial charge < -0.3 is 0 Å². The van der Waals surface area contributed by atoms with Gasteiger partial charge >= 0.3 is 0 Å². The van der Waals surface area contributed by atoms with Gasteiger partial charge in [0.1, 0.15) is 6.54 Å². The molecule has 0 bridgehead atoms. The summed E-state index contributed by atoms with van der Waals surface area (Å²) >= 11 is 0. The van der Waals surface area contributed by atoms with E-state index in [1.807, 2.05) is 12.3 Å². The zero-order valence-corrected chi connectivity index (χ0v) is 9.10. The standard InChI is InChI=1S/C10H15N3O3/c1-5-2-6-7(3-5)10(16)13(9(6)15)4-8(14)12-11/h5-7H,2-4,11H2,1H3,(H,12,14). The van der Waals surface area contributed by atoms with Crippen molar-refractivity contribution in [2.24, 2.45) is 23.6 Å². The maximum Gasteiger partial charge on any atom is 0.254 e. The molecule has 2 fully saturated rings.